The quantitative estimate of drug-likeness (QED) is 0.706. The molecular formula is C12H18N6O2S. The van der Waals surface area contributed by atoms with E-state index in [1.807, 2.05) is 14.0 Å². The van der Waals surface area contributed by atoms with Gasteiger partial charge in [0.25, 0.3) is 0 Å². The summed E-state index contributed by atoms with van der Waals surface area (Å²) < 4.78 is 27.3. The fraction of sp³-hybridized carbons (Fsp3) is 0.417. The highest BCUT2D eigenvalue weighted by atomic mass is 32.2. The topological polar surface area (TPSA) is 113 Å². The van der Waals surface area contributed by atoms with Crippen LogP contribution in [0, 0.1) is 6.92 Å². The Labute approximate surface area is 123 Å². The summed E-state index contributed by atoms with van der Waals surface area (Å²) in [4.78, 5) is 0.216. The van der Waals surface area contributed by atoms with Crippen molar-refractivity contribution in [3.05, 3.63) is 35.2 Å². The maximum Gasteiger partial charge on any atom is 0.241 e. The zero-order valence-corrected chi connectivity index (χ0v) is 12.9. The summed E-state index contributed by atoms with van der Waals surface area (Å²) in [5.41, 5.74) is 1.97. The van der Waals surface area contributed by atoms with Gasteiger partial charge in [-0.05, 0) is 44.2 Å². The Morgan fingerprint density at radius 2 is 2.14 bits per heavy atom. The number of aromatic nitrogens is 4. The van der Waals surface area contributed by atoms with E-state index in [0.29, 0.717) is 12.4 Å². The van der Waals surface area contributed by atoms with E-state index in [2.05, 4.69) is 30.7 Å². The molecule has 0 aliphatic rings. The fourth-order valence-corrected chi connectivity index (χ4v) is 3.15. The van der Waals surface area contributed by atoms with Crippen LogP contribution in [0.1, 0.15) is 29.9 Å². The van der Waals surface area contributed by atoms with Crippen LogP contribution in [0.5, 0.6) is 0 Å². The molecule has 2 aromatic rings. The zero-order valence-electron chi connectivity index (χ0n) is 12.1. The summed E-state index contributed by atoms with van der Waals surface area (Å²) >= 11 is 0. The van der Waals surface area contributed by atoms with E-state index >= 15 is 0 Å². The van der Waals surface area contributed by atoms with Crippen molar-refractivity contribution >= 4 is 10.0 Å². The van der Waals surface area contributed by atoms with Crippen LogP contribution in [0.3, 0.4) is 0 Å². The highest BCUT2D eigenvalue weighted by molar-refractivity contribution is 7.89. The first-order valence-corrected chi connectivity index (χ1v) is 7.92. The fourth-order valence-electron chi connectivity index (χ4n) is 1.90. The molecule has 1 aromatic heterocycles. The summed E-state index contributed by atoms with van der Waals surface area (Å²) in [6.07, 6.45) is 0. The second-order valence-corrected chi connectivity index (χ2v) is 6.45. The molecule has 0 fully saturated rings. The molecule has 0 amide bonds. The van der Waals surface area contributed by atoms with Crippen molar-refractivity contribution in [1.29, 1.82) is 0 Å². The molecule has 1 unspecified atom stereocenters. The molecule has 21 heavy (non-hydrogen) atoms. The Kier molecular flexibility index (Phi) is 4.66. The number of nitrogens with one attached hydrogen (secondary N) is 3. The van der Waals surface area contributed by atoms with Gasteiger partial charge in [-0.2, -0.15) is 5.21 Å². The molecular weight excluding hydrogens is 292 g/mol. The highest BCUT2D eigenvalue weighted by Gasteiger charge is 2.21. The zero-order chi connectivity index (χ0) is 15.5. The number of tetrazole rings is 1. The maximum atomic E-state index is 12.4. The third-order valence-corrected chi connectivity index (χ3v) is 4.62. The van der Waals surface area contributed by atoms with Gasteiger partial charge in [-0.1, -0.05) is 11.3 Å². The Morgan fingerprint density at radius 1 is 1.38 bits per heavy atom. The van der Waals surface area contributed by atoms with Gasteiger partial charge in [-0.3, -0.25) is 0 Å². The van der Waals surface area contributed by atoms with E-state index in [-0.39, 0.29) is 4.90 Å². The van der Waals surface area contributed by atoms with Gasteiger partial charge in [0.05, 0.1) is 10.9 Å². The second kappa shape index (κ2) is 6.29. The Bertz CT molecular complexity index is 699. The molecule has 0 saturated heterocycles. The standard InChI is InChI=1S/C12H18N6O2S/c1-8-4-5-11(6-10(8)7-13-3)21(19,20)16-9(2)12-14-17-18-15-12/h4-6,9,13,16H,7H2,1-3H3,(H,14,15,17,18). The third-order valence-electron chi connectivity index (χ3n) is 3.08. The highest BCUT2D eigenvalue weighted by Crippen LogP contribution is 2.17. The third kappa shape index (κ3) is 3.63. The van der Waals surface area contributed by atoms with Crippen molar-refractivity contribution in [3.63, 3.8) is 0 Å². The van der Waals surface area contributed by atoms with Gasteiger partial charge in [0.15, 0.2) is 5.82 Å². The van der Waals surface area contributed by atoms with Crippen LogP contribution in [-0.2, 0) is 16.6 Å². The minimum atomic E-state index is -3.64. The van der Waals surface area contributed by atoms with E-state index in [1.165, 1.54) is 0 Å². The summed E-state index contributed by atoms with van der Waals surface area (Å²) in [5.74, 6) is 0.293. The lowest BCUT2D eigenvalue weighted by atomic mass is 10.1. The first-order chi connectivity index (χ1) is 9.94. The molecule has 1 atom stereocenters. The van der Waals surface area contributed by atoms with Gasteiger partial charge in [-0.25, -0.2) is 13.1 Å². The van der Waals surface area contributed by atoms with Crippen molar-refractivity contribution in [2.24, 2.45) is 0 Å². The maximum absolute atomic E-state index is 12.4. The SMILES string of the molecule is CNCc1cc(S(=O)(=O)NC(C)c2nn[nH]n2)ccc1C. The van der Waals surface area contributed by atoms with E-state index in [0.717, 1.165) is 11.1 Å². The van der Waals surface area contributed by atoms with Gasteiger partial charge < -0.3 is 5.32 Å². The summed E-state index contributed by atoms with van der Waals surface area (Å²) in [7, 11) is -1.83. The summed E-state index contributed by atoms with van der Waals surface area (Å²) in [6.45, 7) is 4.21. The molecule has 8 nitrogen and oxygen atoms in total. The summed E-state index contributed by atoms with van der Waals surface area (Å²) in [6, 6.07) is 4.47. The lowest BCUT2D eigenvalue weighted by Gasteiger charge is -2.13. The van der Waals surface area contributed by atoms with Crippen molar-refractivity contribution in [3.8, 4) is 0 Å². The van der Waals surface area contributed by atoms with Crippen LogP contribution in [0.25, 0.3) is 0 Å². The van der Waals surface area contributed by atoms with E-state index < -0.39 is 16.1 Å². The molecule has 3 N–H and O–H groups in total. The predicted octanol–water partition coefficient (Wildman–Crippen LogP) is 0.267. The van der Waals surface area contributed by atoms with Gasteiger partial charge >= 0.3 is 0 Å². The number of aryl methyl sites for hydroxylation is 1. The molecule has 9 heteroatoms. The number of H-pyrrole nitrogens is 1. The first-order valence-electron chi connectivity index (χ1n) is 6.44. The molecule has 0 spiro atoms. The van der Waals surface area contributed by atoms with Crippen LogP contribution < -0.4 is 10.0 Å². The van der Waals surface area contributed by atoms with E-state index in [1.54, 1.807) is 25.1 Å². The Morgan fingerprint density at radius 3 is 2.76 bits per heavy atom. The Hall–Kier alpha value is -1.84. The molecule has 0 aliphatic heterocycles. The molecule has 1 heterocycles. The van der Waals surface area contributed by atoms with Crippen LogP contribution in [0.15, 0.2) is 23.1 Å². The van der Waals surface area contributed by atoms with Gasteiger partial charge in [0.1, 0.15) is 0 Å². The average Bonchev–Trinajstić information content (AvgIpc) is 2.95. The molecule has 0 aliphatic carbocycles. The van der Waals surface area contributed by atoms with Crippen molar-refractivity contribution in [2.45, 2.75) is 31.3 Å². The number of hydrogen-bond donors (Lipinski definition) is 3. The van der Waals surface area contributed by atoms with Crippen molar-refractivity contribution in [1.82, 2.24) is 30.7 Å². The number of rotatable bonds is 6. The lowest BCUT2D eigenvalue weighted by molar-refractivity contribution is 0.559. The minimum Gasteiger partial charge on any atom is -0.316 e. The number of nitrogens with zero attached hydrogens (tertiary/aromatic N) is 3. The van der Waals surface area contributed by atoms with Crippen LogP contribution in [0.4, 0.5) is 0 Å². The second-order valence-electron chi connectivity index (χ2n) is 4.73. The van der Waals surface area contributed by atoms with Crippen molar-refractivity contribution in [2.75, 3.05) is 7.05 Å². The molecule has 114 valence electrons. The molecule has 0 bridgehead atoms. The minimum absolute atomic E-state index is 0.216. The van der Waals surface area contributed by atoms with Gasteiger partial charge in [-0.15, -0.1) is 10.2 Å². The molecule has 1 aromatic carbocycles. The number of sulfonamides is 1. The van der Waals surface area contributed by atoms with Crippen LogP contribution in [0.2, 0.25) is 0 Å². The Balaban J connectivity index is 2.25. The van der Waals surface area contributed by atoms with E-state index in [9.17, 15) is 8.42 Å². The van der Waals surface area contributed by atoms with Crippen molar-refractivity contribution < 1.29 is 8.42 Å². The molecule has 0 radical (unpaired) electrons. The molecule has 0 saturated carbocycles. The van der Waals surface area contributed by atoms with E-state index in [4.69, 9.17) is 0 Å². The first kappa shape index (κ1) is 15.5. The number of hydrogen-bond acceptors (Lipinski definition) is 6. The normalized spacial score (nSPS) is 13.3. The average molecular weight is 310 g/mol. The van der Waals surface area contributed by atoms with Gasteiger partial charge in [0.2, 0.25) is 10.0 Å². The lowest BCUT2D eigenvalue weighted by Crippen LogP contribution is -2.28. The molecule has 2 rings (SSSR count). The number of benzene rings is 1. The van der Waals surface area contributed by atoms with Crippen LogP contribution >= 0.6 is 0 Å². The number of aromatic amines is 1. The smallest absolute Gasteiger partial charge is 0.241 e. The summed E-state index contributed by atoms with van der Waals surface area (Å²) in [5, 5.41) is 16.3. The largest absolute Gasteiger partial charge is 0.316 e. The predicted molar refractivity (Wildman–Crippen MR) is 76.9 cm³/mol. The van der Waals surface area contributed by atoms with Crippen LogP contribution in [-0.4, -0.2) is 36.1 Å². The monoisotopic (exact) mass is 310 g/mol. The van der Waals surface area contributed by atoms with Gasteiger partial charge in [0, 0.05) is 6.54 Å².